The molecule has 0 heteroatoms. The van der Waals surface area contributed by atoms with Gasteiger partial charge in [0.1, 0.15) is 0 Å². The van der Waals surface area contributed by atoms with Crippen molar-refractivity contribution in [1.82, 2.24) is 0 Å². The summed E-state index contributed by atoms with van der Waals surface area (Å²) in [7, 11) is 0. The molecule has 0 aromatic heterocycles. The molecule has 0 nitrogen and oxygen atoms in total. The average Bonchev–Trinajstić information content (AvgIpc) is 2.12. The van der Waals surface area contributed by atoms with E-state index in [1.807, 2.05) is 0 Å². The summed E-state index contributed by atoms with van der Waals surface area (Å²) < 4.78 is 0. The monoisotopic (exact) mass is 107 g/mol. The Balaban J connectivity index is 2.58. The van der Waals surface area contributed by atoms with Crippen LogP contribution in [0, 0.1) is 12.0 Å². The van der Waals surface area contributed by atoms with Crippen molar-refractivity contribution < 1.29 is 0 Å². The third-order valence-electron chi connectivity index (χ3n) is 1.34. The highest BCUT2D eigenvalue weighted by Gasteiger charge is 2.00. The van der Waals surface area contributed by atoms with Crippen LogP contribution in [0.15, 0.2) is 17.7 Å². The van der Waals surface area contributed by atoms with E-state index in [1.165, 1.54) is 5.57 Å². The van der Waals surface area contributed by atoms with Crippen molar-refractivity contribution >= 4 is 0 Å². The Hall–Kier alpha value is -0.520. The van der Waals surface area contributed by atoms with Crippen LogP contribution in [-0.2, 0) is 0 Å². The number of rotatable bonds is 1. The Morgan fingerprint density at radius 2 is 2.38 bits per heavy atom. The van der Waals surface area contributed by atoms with Gasteiger partial charge >= 0.3 is 0 Å². The first-order valence-electron chi connectivity index (χ1n) is 3.08. The third kappa shape index (κ3) is 1.00. The highest BCUT2D eigenvalue weighted by Crippen LogP contribution is 2.15. The van der Waals surface area contributed by atoms with E-state index in [-0.39, 0.29) is 0 Å². The van der Waals surface area contributed by atoms with Gasteiger partial charge in [0.25, 0.3) is 0 Å². The van der Waals surface area contributed by atoms with Gasteiger partial charge in [-0.25, -0.2) is 0 Å². The van der Waals surface area contributed by atoms with Gasteiger partial charge in [0.2, 0.25) is 0 Å². The zero-order valence-electron chi connectivity index (χ0n) is 5.44. The van der Waals surface area contributed by atoms with E-state index in [0.29, 0.717) is 5.92 Å². The fourth-order valence-corrected chi connectivity index (χ4v) is 0.818. The van der Waals surface area contributed by atoms with Gasteiger partial charge in [-0.3, -0.25) is 0 Å². The molecule has 0 atom stereocenters. The molecular formula is C8H11. The van der Waals surface area contributed by atoms with Crippen LogP contribution in [0.25, 0.3) is 0 Å². The molecule has 0 saturated carbocycles. The van der Waals surface area contributed by atoms with Crippen LogP contribution >= 0.6 is 0 Å². The Bertz CT molecular complexity index is 127. The average molecular weight is 107 g/mol. The highest BCUT2D eigenvalue weighted by molar-refractivity contribution is 5.23. The summed E-state index contributed by atoms with van der Waals surface area (Å²) in [6.45, 7) is 4.38. The summed E-state index contributed by atoms with van der Waals surface area (Å²) in [4.78, 5) is 0. The van der Waals surface area contributed by atoms with E-state index in [0.717, 1.165) is 6.42 Å². The summed E-state index contributed by atoms with van der Waals surface area (Å²) in [6, 6.07) is 0. The topological polar surface area (TPSA) is 0 Å². The van der Waals surface area contributed by atoms with Gasteiger partial charge in [-0.2, -0.15) is 0 Å². The van der Waals surface area contributed by atoms with Crippen molar-refractivity contribution in [3.63, 3.8) is 0 Å². The fourth-order valence-electron chi connectivity index (χ4n) is 0.818. The van der Waals surface area contributed by atoms with Crippen molar-refractivity contribution in [2.24, 2.45) is 5.92 Å². The molecule has 0 fully saturated rings. The van der Waals surface area contributed by atoms with Gasteiger partial charge in [0, 0.05) is 0 Å². The van der Waals surface area contributed by atoms with Gasteiger partial charge in [0.05, 0.1) is 0 Å². The maximum Gasteiger partial charge on any atom is -0.00884 e. The molecule has 8 heavy (non-hydrogen) atoms. The minimum absolute atomic E-state index is 0.661. The molecule has 0 N–H and O–H groups in total. The molecule has 0 bridgehead atoms. The quantitative estimate of drug-likeness (QED) is 0.482. The van der Waals surface area contributed by atoms with Gasteiger partial charge < -0.3 is 0 Å². The zero-order valence-corrected chi connectivity index (χ0v) is 5.44. The molecule has 0 amide bonds. The smallest absolute Gasteiger partial charge is 0.00884 e. The lowest BCUT2D eigenvalue weighted by Crippen LogP contribution is -1.86. The lowest BCUT2D eigenvalue weighted by atomic mass is 10.1. The molecule has 1 rings (SSSR count). The van der Waals surface area contributed by atoms with E-state index in [9.17, 15) is 0 Å². The van der Waals surface area contributed by atoms with Crippen molar-refractivity contribution in [3.05, 3.63) is 23.8 Å². The normalized spacial score (nSPS) is 17.6. The molecule has 0 aromatic rings. The van der Waals surface area contributed by atoms with E-state index < -0.39 is 0 Å². The molecule has 0 aromatic carbocycles. The molecular weight excluding hydrogens is 96.1 g/mol. The van der Waals surface area contributed by atoms with Gasteiger partial charge in [-0.1, -0.05) is 26.0 Å². The predicted octanol–water partition coefficient (Wildman–Crippen LogP) is 2.33. The molecule has 0 saturated heterocycles. The second kappa shape index (κ2) is 2.17. The second-order valence-corrected chi connectivity index (χ2v) is 2.39. The Morgan fingerprint density at radius 1 is 1.62 bits per heavy atom. The standard InChI is InChI=1S/C8H11/c1-7(2)8-5-3-4-6-8/h3,5,7H,4H2,1-2H3. The SMILES string of the molecule is CC(C)C1=[C]CC=C1. The Labute approximate surface area is 50.9 Å². The van der Waals surface area contributed by atoms with Crippen molar-refractivity contribution in [2.45, 2.75) is 20.3 Å². The largest absolute Gasteiger partial charge is 0.0798 e. The van der Waals surface area contributed by atoms with Crippen LogP contribution in [0.5, 0.6) is 0 Å². The zero-order chi connectivity index (χ0) is 5.98. The third-order valence-corrected chi connectivity index (χ3v) is 1.34. The summed E-state index contributed by atoms with van der Waals surface area (Å²) in [6.07, 6.45) is 8.59. The number of hydrogen-bond acceptors (Lipinski definition) is 0. The van der Waals surface area contributed by atoms with E-state index in [2.05, 4.69) is 32.1 Å². The van der Waals surface area contributed by atoms with Crippen molar-refractivity contribution in [1.29, 1.82) is 0 Å². The fraction of sp³-hybridized carbons (Fsp3) is 0.500. The minimum atomic E-state index is 0.661. The van der Waals surface area contributed by atoms with Crippen LogP contribution < -0.4 is 0 Å². The molecule has 1 radical (unpaired) electrons. The van der Waals surface area contributed by atoms with Gasteiger partial charge in [0.15, 0.2) is 0 Å². The summed E-state index contributed by atoms with van der Waals surface area (Å²) in [5.74, 6) is 0.661. The molecule has 0 aliphatic heterocycles. The van der Waals surface area contributed by atoms with Crippen LogP contribution in [-0.4, -0.2) is 0 Å². The maximum absolute atomic E-state index is 3.26. The van der Waals surface area contributed by atoms with Crippen LogP contribution in [0.4, 0.5) is 0 Å². The van der Waals surface area contributed by atoms with Crippen LogP contribution in [0.3, 0.4) is 0 Å². The first-order chi connectivity index (χ1) is 3.80. The van der Waals surface area contributed by atoms with Crippen LogP contribution in [0.1, 0.15) is 20.3 Å². The van der Waals surface area contributed by atoms with Crippen LogP contribution in [0.2, 0.25) is 0 Å². The highest BCUT2D eigenvalue weighted by atomic mass is 14.1. The molecule has 1 aliphatic carbocycles. The van der Waals surface area contributed by atoms with Gasteiger partial charge in [-0.15, -0.1) is 0 Å². The van der Waals surface area contributed by atoms with E-state index in [1.54, 1.807) is 0 Å². The Kier molecular flexibility index (Phi) is 1.52. The molecule has 0 heterocycles. The lowest BCUT2D eigenvalue weighted by molar-refractivity contribution is 0.789. The summed E-state index contributed by atoms with van der Waals surface area (Å²) >= 11 is 0. The van der Waals surface area contributed by atoms with E-state index >= 15 is 0 Å². The maximum atomic E-state index is 3.26. The van der Waals surface area contributed by atoms with E-state index in [4.69, 9.17) is 0 Å². The predicted molar refractivity (Wildman–Crippen MR) is 35.4 cm³/mol. The molecule has 0 spiro atoms. The molecule has 1 aliphatic rings. The summed E-state index contributed by atoms with van der Waals surface area (Å²) in [5.41, 5.74) is 1.37. The van der Waals surface area contributed by atoms with Gasteiger partial charge in [-0.05, 0) is 24.0 Å². The first kappa shape index (κ1) is 5.61. The molecule has 0 unspecified atom stereocenters. The number of allylic oxidation sites excluding steroid dienone is 4. The summed E-state index contributed by atoms with van der Waals surface area (Å²) in [5, 5.41) is 0. The Morgan fingerprint density at radius 3 is 2.62 bits per heavy atom. The molecule has 43 valence electrons. The second-order valence-electron chi connectivity index (χ2n) is 2.39. The lowest BCUT2D eigenvalue weighted by Gasteiger charge is -1.99. The van der Waals surface area contributed by atoms with Crippen molar-refractivity contribution in [2.75, 3.05) is 0 Å². The first-order valence-corrected chi connectivity index (χ1v) is 3.08. The number of hydrogen-bond donors (Lipinski definition) is 0. The van der Waals surface area contributed by atoms with Crippen molar-refractivity contribution in [3.8, 4) is 0 Å². The minimum Gasteiger partial charge on any atom is -0.0798 e.